The second-order valence-corrected chi connectivity index (χ2v) is 16.1. The summed E-state index contributed by atoms with van der Waals surface area (Å²) in [5.41, 5.74) is 3.19. The molecule has 2 aliphatic heterocycles. The summed E-state index contributed by atoms with van der Waals surface area (Å²) in [6, 6.07) is 24.2. The van der Waals surface area contributed by atoms with Crippen LogP contribution >= 0.6 is 22.7 Å². The number of nitrogens with one attached hydrogen (secondary N) is 2. The summed E-state index contributed by atoms with van der Waals surface area (Å²) in [5.74, 6) is 0.152. The third-order valence-corrected chi connectivity index (χ3v) is 12.1. The number of ether oxygens (including phenoxy) is 1. The highest BCUT2D eigenvalue weighted by molar-refractivity contribution is 7.19. The average molecular weight is 802 g/mol. The number of rotatable bonds is 14. The molecule has 4 aromatic heterocycles. The zero-order chi connectivity index (χ0) is 39.2. The van der Waals surface area contributed by atoms with Crippen molar-refractivity contribution in [3.05, 3.63) is 94.5 Å². The van der Waals surface area contributed by atoms with Crippen molar-refractivity contribution in [2.75, 3.05) is 96.3 Å². The van der Waals surface area contributed by atoms with Gasteiger partial charge in [0.25, 0.3) is 0 Å². The Kier molecular flexibility index (Phi) is 14.2. The molecule has 16 heteroatoms. The first-order valence-electron chi connectivity index (χ1n) is 19.4. The molecule has 0 radical (unpaired) electrons. The molecule has 14 nitrogen and oxygen atoms in total. The van der Waals surface area contributed by atoms with E-state index in [1.807, 2.05) is 48.5 Å². The number of likely N-dealkylation sites (N-methyl/N-ethyl adjacent to an activating group) is 1. The number of morpholine rings is 1. The minimum Gasteiger partial charge on any atom is -0.379 e. The predicted molar refractivity (Wildman–Crippen MR) is 226 cm³/mol. The molecule has 0 saturated carbocycles. The van der Waals surface area contributed by atoms with Crippen molar-refractivity contribution in [3.63, 3.8) is 0 Å². The predicted octanol–water partition coefficient (Wildman–Crippen LogP) is 5.67. The fourth-order valence-electron chi connectivity index (χ4n) is 6.66. The molecule has 0 bridgehead atoms. The molecule has 294 valence electrons. The number of anilines is 2. The first kappa shape index (κ1) is 40.0. The molecule has 2 unspecified atom stereocenters. The van der Waals surface area contributed by atoms with Crippen LogP contribution in [0.2, 0.25) is 0 Å². The Balaban J connectivity index is 0.000000174. The van der Waals surface area contributed by atoms with Crippen LogP contribution in [0.25, 0.3) is 20.4 Å². The van der Waals surface area contributed by atoms with E-state index in [0.29, 0.717) is 23.3 Å². The van der Waals surface area contributed by atoms with Crippen LogP contribution in [0.4, 0.5) is 11.9 Å². The van der Waals surface area contributed by atoms with Crippen molar-refractivity contribution in [1.29, 1.82) is 10.5 Å². The number of nitriles is 2. The normalized spacial score (nSPS) is 16.3. The summed E-state index contributed by atoms with van der Waals surface area (Å²) in [6.45, 7) is 11.9. The van der Waals surface area contributed by atoms with Crippen molar-refractivity contribution in [2.24, 2.45) is 0 Å². The molecule has 2 fully saturated rings. The van der Waals surface area contributed by atoms with E-state index < -0.39 is 11.8 Å². The van der Waals surface area contributed by atoms with Gasteiger partial charge in [-0.15, -0.1) is 22.7 Å². The highest BCUT2D eigenvalue weighted by Gasteiger charge is 2.22. The van der Waals surface area contributed by atoms with Gasteiger partial charge in [0.05, 0.1) is 57.2 Å². The molecule has 2 aliphatic rings. The smallest absolute Gasteiger partial charge is 0.222 e. The quantitative estimate of drug-likeness (QED) is 0.129. The number of hydrogen-bond donors (Lipinski definition) is 2. The van der Waals surface area contributed by atoms with Gasteiger partial charge in [-0.1, -0.05) is 24.3 Å². The lowest BCUT2D eigenvalue weighted by molar-refractivity contribution is 0.0378. The van der Waals surface area contributed by atoms with Gasteiger partial charge in [-0.2, -0.15) is 10.5 Å². The summed E-state index contributed by atoms with van der Waals surface area (Å²) in [7, 11) is 2.17. The monoisotopic (exact) mass is 801 g/mol. The number of piperazine rings is 1. The molecule has 0 aliphatic carbocycles. The number of para-hydroxylation sites is 2. The standard InChI is InChI=1S/C21H25N7S.C20H22N6OS/c1-27-11-13-28(14-12-27)10-4-8-23-21-24-9-7-17(26-21)16(15-22)20-25-18-5-2-3-6-19(18)29-20;21-14-15(19-24-17-4-1-2-5-18(17)28-19)16-6-8-23-20(25-16)22-7-3-9-26-10-12-27-13-11-26/h2-3,5-7,9,16H,4,8,10-14H2,1H3,(H,23,24,26);1-2,4-6,8,15H,3,7,9-13H2,(H,22,23,25). The van der Waals surface area contributed by atoms with Crippen LogP contribution in [-0.2, 0) is 4.74 Å². The molecule has 2 N–H and O–H groups in total. The van der Waals surface area contributed by atoms with Gasteiger partial charge in [-0.25, -0.2) is 29.9 Å². The molecule has 6 heterocycles. The second kappa shape index (κ2) is 20.3. The Labute approximate surface area is 341 Å². The lowest BCUT2D eigenvalue weighted by Gasteiger charge is -2.32. The van der Waals surface area contributed by atoms with Gasteiger partial charge in [0.15, 0.2) is 0 Å². The van der Waals surface area contributed by atoms with Crippen molar-refractivity contribution in [1.82, 2.24) is 44.6 Å². The number of aromatic nitrogens is 6. The fraction of sp³-hybridized carbons (Fsp3) is 0.415. The van der Waals surface area contributed by atoms with Gasteiger partial charge < -0.3 is 25.2 Å². The molecule has 0 amide bonds. The minimum absolute atomic E-state index is 0.485. The third kappa shape index (κ3) is 11.0. The van der Waals surface area contributed by atoms with Crippen LogP contribution in [0.3, 0.4) is 0 Å². The van der Waals surface area contributed by atoms with E-state index in [-0.39, 0.29) is 0 Å². The van der Waals surface area contributed by atoms with Crippen molar-refractivity contribution < 1.29 is 4.74 Å². The Morgan fingerprint density at radius 3 is 1.60 bits per heavy atom. The lowest BCUT2D eigenvalue weighted by Crippen LogP contribution is -2.44. The average Bonchev–Trinajstić information content (AvgIpc) is 3.88. The topological polar surface area (TPSA) is 168 Å². The van der Waals surface area contributed by atoms with Gasteiger partial charge in [0.2, 0.25) is 11.9 Å². The summed E-state index contributed by atoms with van der Waals surface area (Å²) in [6.07, 6.45) is 5.46. The fourth-order valence-corrected chi connectivity index (χ4v) is 8.71. The maximum Gasteiger partial charge on any atom is 0.222 e. The summed E-state index contributed by atoms with van der Waals surface area (Å²) in [5, 5.41) is 27.6. The minimum atomic E-state index is -0.491. The number of fused-ring (bicyclic) bond motifs is 2. The maximum atomic E-state index is 9.75. The number of hydrogen-bond acceptors (Lipinski definition) is 16. The van der Waals surface area contributed by atoms with E-state index in [1.165, 1.54) is 11.3 Å². The van der Waals surface area contributed by atoms with E-state index in [1.54, 1.807) is 35.9 Å². The van der Waals surface area contributed by atoms with Crippen LogP contribution in [0.5, 0.6) is 0 Å². The summed E-state index contributed by atoms with van der Waals surface area (Å²) in [4.78, 5) is 34.3. The number of benzene rings is 2. The number of nitrogens with zero attached hydrogens (tertiary/aromatic N) is 11. The van der Waals surface area contributed by atoms with E-state index in [2.05, 4.69) is 74.4 Å². The molecule has 2 aromatic carbocycles. The van der Waals surface area contributed by atoms with Crippen LogP contribution < -0.4 is 10.6 Å². The highest BCUT2D eigenvalue weighted by atomic mass is 32.1. The molecular weight excluding hydrogens is 755 g/mol. The Morgan fingerprint density at radius 2 is 1.12 bits per heavy atom. The molecule has 0 spiro atoms. The van der Waals surface area contributed by atoms with Crippen molar-refractivity contribution in [3.8, 4) is 12.1 Å². The zero-order valence-electron chi connectivity index (χ0n) is 32.1. The summed E-state index contributed by atoms with van der Waals surface area (Å²) < 4.78 is 7.53. The van der Waals surface area contributed by atoms with E-state index in [0.717, 1.165) is 122 Å². The molecule has 2 saturated heterocycles. The first-order chi connectivity index (χ1) is 28.1. The van der Waals surface area contributed by atoms with Crippen LogP contribution in [0, 0.1) is 22.7 Å². The third-order valence-electron chi connectivity index (χ3n) is 9.89. The lowest BCUT2D eigenvalue weighted by atomic mass is 10.1. The SMILES string of the molecule is CN1CCN(CCCNc2nccc(C(C#N)c3nc4ccccc4s3)n2)CC1.N#CC(c1ccnc(NCCCN2CCOCC2)n1)c1nc2ccccc2s1. The zero-order valence-corrected chi connectivity index (χ0v) is 33.8. The molecule has 6 aromatic rings. The van der Waals surface area contributed by atoms with E-state index in [4.69, 9.17) is 4.74 Å². The largest absolute Gasteiger partial charge is 0.379 e. The highest BCUT2D eigenvalue weighted by Crippen LogP contribution is 2.32. The van der Waals surface area contributed by atoms with Gasteiger partial charge in [0, 0.05) is 64.8 Å². The van der Waals surface area contributed by atoms with Crippen molar-refractivity contribution in [2.45, 2.75) is 24.7 Å². The molecule has 8 rings (SSSR count). The van der Waals surface area contributed by atoms with Crippen LogP contribution in [-0.4, -0.2) is 130 Å². The Morgan fingerprint density at radius 1 is 0.649 bits per heavy atom. The molecule has 57 heavy (non-hydrogen) atoms. The van der Waals surface area contributed by atoms with Crippen LogP contribution in [0.1, 0.15) is 46.1 Å². The molecular formula is C41H47N13OS2. The Hall–Kier alpha value is -5.20. The van der Waals surface area contributed by atoms with Gasteiger partial charge in [-0.3, -0.25) is 4.90 Å². The van der Waals surface area contributed by atoms with Gasteiger partial charge >= 0.3 is 0 Å². The maximum absolute atomic E-state index is 9.75. The van der Waals surface area contributed by atoms with E-state index in [9.17, 15) is 10.5 Å². The van der Waals surface area contributed by atoms with Crippen LogP contribution in [0.15, 0.2) is 73.1 Å². The van der Waals surface area contributed by atoms with Gasteiger partial charge in [0.1, 0.15) is 21.9 Å². The van der Waals surface area contributed by atoms with Gasteiger partial charge in [-0.05, 0) is 69.4 Å². The Bertz CT molecular complexity index is 2200. The number of thiazole rings is 2. The first-order valence-corrected chi connectivity index (χ1v) is 21.0. The van der Waals surface area contributed by atoms with E-state index >= 15 is 0 Å². The van der Waals surface area contributed by atoms with Crippen molar-refractivity contribution >= 4 is 55.0 Å². The second-order valence-electron chi connectivity index (χ2n) is 13.9. The summed E-state index contributed by atoms with van der Waals surface area (Å²) >= 11 is 3.08. The molecule has 2 atom stereocenters.